The molecule has 0 aromatic rings. The molecule has 6 nitrogen and oxygen atoms in total. The third-order valence-corrected chi connectivity index (χ3v) is 4.68. The van der Waals surface area contributed by atoms with Crippen molar-refractivity contribution in [2.45, 2.75) is 51.6 Å². The Bertz CT molecular complexity index is 388. The van der Waals surface area contributed by atoms with Crippen molar-refractivity contribution >= 4 is 12.0 Å². The number of carboxylic acids is 1. The molecule has 2 N–H and O–H groups in total. The first kappa shape index (κ1) is 16.1. The quantitative estimate of drug-likeness (QED) is 0.804. The number of carboxylic acid groups (broad SMARTS) is 1. The summed E-state index contributed by atoms with van der Waals surface area (Å²) in [6, 6.07) is 0.558. The molecule has 21 heavy (non-hydrogen) atoms. The molecule has 3 unspecified atom stereocenters. The third-order valence-electron chi connectivity index (χ3n) is 4.68. The van der Waals surface area contributed by atoms with E-state index in [1.54, 1.807) is 0 Å². The Hall–Kier alpha value is -1.30. The third kappa shape index (κ3) is 3.87. The molecule has 2 saturated heterocycles. The van der Waals surface area contributed by atoms with Crippen LogP contribution in [0, 0.1) is 5.92 Å². The van der Waals surface area contributed by atoms with Crippen molar-refractivity contribution in [2.75, 3.05) is 26.2 Å². The second-order valence-corrected chi connectivity index (χ2v) is 6.30. The second kappa shape index (κ2) is 7.11. The maximum atomic E-state index is 12.3. The number of carbonyl (C=O) groups is 2. The molecule has 3 atom stereocenters. The fourth-order valence-electron chi connectivity index (χ4n) is 3.44. The van der Waals surface area contributed by atoms with E-state index in [0.29, 0.717) is 12.5 Å². The van der Waals surface area contributed by atoms with Crippen LogP contribution in [0.2, 0.25) is 0 Å². The van der Waals surface area contributed by atoms with E-state index in [1.165, 1.54) is 6.42 Å². The predicted octanol–water partition coefficient (Wildman–Crippen LogP) is 1.37. The van der Waals surface area contributed by atoms with Gasteiger partial charge in [0.2, 0.25) is 0 Å². The van der Waals surface area contributed by atoms with Crippen molar-refractivity contribution in [1.82, 2.24) is 15.1 Å². The van der Waals surface area contributed by atoms with Crippen LogP contribution in [0.15, 0.2) is 0 Å². The monoisotopic (exact) mass is 297 g/mol. The second-order valence-electron chi connectivity index (χ2n) is 6.30. The Labute approximate surface area is 126 Å². The number of carbonyl (C=O) groups excluding carboxylic acids is 1. The van der Waals surface area contributed by atoms with E-state index in [-0.39, 0.29) is 18.6 Å². The molecular weight excluding hydrogens is 270 g/mol. The van der Waals surface area contributed by atoms with Gasteiger partial charge >= 0.3 is 12.0 Å². The van der Waals surface area contributed by atoms with Gasteiger partial charge in [-0.25, -0.2) is 4.79 Å². The van der Waals surface area contributed by atoms with Crippen LogP contribution in [0.1, 0.15) is 39.5 Å². The molecule has 2 aliphatic heterocycles. The molecule has 2 fully saturated rings. The summed E-state index contributed by atoms with van der Waals surface area (Å²) in [6.45, 7) is 7.07. The Balaban J connectivity index is 1.86. The van der Waals surface area contributed by atoms with Gasteiger partial charge in [0, 0.05) is 31.7 Å². The van der Waals surface area contributed by atoms with Crippen molar-refractivity contribution in [3.05, 3.63) is 0 Å². The Morgan fingerprint density at radius 1 is 1.38 bits per heavy atom. The number of hydrogen-bond donors (Lipinski definition) is 2. The first-order valence-corrected chi connectivity index (χ1v) is 8.04. The highest BCUT2D eigenvalue weighted by Crippen LogP contribution is 2.24. The molecule has 2 amide bonds. The van der Waals surface area contributed by atoms with Crippen LogP contribution < -0.4 is 5.32 Å². The van der Waals surface area contributed by atoms with Crippen LogP contribution in [-0.2, 0) is 4.79 Å². The average molecular weight is 297 g/mol. The highest BCUT2D eigenvalue weighted by Gasteiger charge is 2.36. The van der Waals surface area contributed by atoms with Crippen molar-refractivity contribution < 1.29 is 14.7 Å². The lowest BCUT2D eigenvalue weighted by Crippen LogP contribution is -2.59. The molecule has 0 bridgehead atoms. The fraction of sp³-hybridized carbons (Fsp3) is 0.867. The zero-order chi connectivity index (χ0) is 15.4. The van der Waals surface area contributed by atoms with Gasteiger partial charge in [-0.3, -0.25) is 9.69 Å². The topological polar surface area (TPSA) is 72.9 Å². The lowest BCUT2D eigenvalue weighted by molar-refractivity contribution is -0.141. The van der Waals surface area contributed by atoms with Gasteiger partial charge in [-0.2, -0.15) is 0 Å². The summed E-state index contributed by atoms with van der Waals surface area (Å²) in [5, 5.41) is 11.9. The first-order chi connectivity index (χ1) is 10.0. The highest BCUT2D eigenvalue weighted by molar-refractivity contribution is 5.76. The molecule has 6 heteroatoms. The van der Waals surface area contributed by atoms with Crippen LogP contribution >= 0.6 is 0 Å². The zero-order valence-corrected chi connectivity index (χ0v) is 13.0. The van der Waals surface area contributed by atoms with E-state index < -0.39 is 11.9 Å². The van der Waals surface area contributed by atoms with Gasteiger partial charge in [0.25, 0.3) is 0 Å². The number of piperazine rings is 1. The largest absolute Gasteiger partial charge is 0.481 e. The summed E-state index contributed by atoms with van der Waals surface area (Å²) < 4.78 is 0. The Morgan fingerprint density at radius 2 is 2.14 bits per heavy atom. The minimum atomic E-state index is -0.828. The smallest absolute Gasteiger partial charge is 0.317 e. The van der Waals surface area contributed by atoms with Crippen molar-refractivity contribution in [3.63, 3.8) is 0 Å². The summed E-state index contributed by atoms with van der Waals surface area (Å²) >= 11 is 0. The summed E-state index contributed by atoms with van der Waals surface area (Å²) in [6.07, 6.45) is 3.78. The van der Waals surface area contributed by atoms with E-state index in [0.717, 1.165) is 32.5 Å². The number of fused-ring (bicyclic) bond motifs is 1. The van der Waals surface area contributed by atoms with Crippen LogP contribution in [-0.4, -0.2) is 65.2 Å². The molecule has 120 valence electrons. The van der Waals surface area contributed by atoms with Gasteiger partial charge in [0.15, 0.2) is 0 Å². The molecule has 0 aliphatic carbocycles. The van der Waals surface area contributed by atoms with Crippen LogP contribution in [0.4, 0.5) is 4.79 Å². The highest BCUT2D eigenvalue weighted by atomic mass is 16.4. The van der Waals surface area contributed by atoms with E-state index in [4.69, 9.17) is 5.11 Å². The van der Waals surface area contributed by atoms with Gasteiger partial charge in [-0.15, -0.1) is 0 Å². The fourth-order valence-corrected chi connectivity index (χ4v) is 3.44. The molecule has 0 saturated carbocycles. The van der Waals surface area contributed by atoms with Gasteiger partial charge in [0.1, 0.15) is 0 Å². The minimum absolute atomic E-state index is 0.114. The Morgan fingerprint density at radius 3 is 2.81 bits per heavy atom. The number of urea groups is 1. The minimum Gasteiger partial charge on any atom is -0.481 e. The summed E-state index contributed by atoms with van der Waals surface area (Å²) in [7, 11) is 0. The van der Waals surface area contributed by atoms with Crippen LogP contribution in [0.5, 0.6) is 0 Å². The normalized spacial score (nSPS) is 27.2. The van der Waals surface area contributed by atoms with Gasteiger partial charge in [0.05, 0.1) is 5.92 Å². The summed E-state index contributed by atoms with van der Waals surface area (Å²) in [4.78, 5) is 27.8. The summed E-state index contributed by atoms with van der Waals surface area (Å²) in [5.41, 5.74) is 0. The lowest BCUT2D eigenvalue weighted by Gasteiger charge is -2.42. The SMILES string of the molecule is CCCC(CNC(=O)N1CC2CCCN2CC1C)C(=O)O. The molecule has 2 heterocycles. The van der Waals surface area contributed by atoms with Crippen molar-refractivity contribution in [2.24, 2.45) is 5.92 Å². The predicted molar refractivity (Wildman–Crippen MR) is 80.2 cm³/mol. The molecule has 0 radical (unpaired) electrons. The number of aliphatic carboxylic acids is 1. The van der Waals surface area contributed by atoms with Gasteiger partial charge in [-0.05, 0) is 32.7 Å². The van der Waals surface area contributed by atoms with Gasteiger partial charge in [-0.1, -0.05) is 13.3 Å². The number of nitrogens with zero attached hydrogens (tertiary/aromatic N) is 2. The Kier molecular flexibility index (Phi) is 5.45. The first-order valence-electron chi connectivity index (χ1n) is 8.04. The maximum Gasteiger partial charge on any atom is 0.317 e. The summed E-state index contributed by atoms with van der Waals surface area (Å²) in [5.74, 6) is -1.31. The van der Waals surface area contributed by atoms with Crippen LogP contribution in [0.25, 0.3) is 0 Å². The molecule has 0 aromatic carbocycles. The zero-order valence-electron chi connectivity index (χ0n) is 13.0. The average Bonchev–Trinajstić information content (AvgIpc) is 2.88. The number of hydrogen-bond acceptors (Lipinski definition) is 3. The number of rotatable bonds is 5. The lowest BCUT2D eigenvalue weighted by atomic mass is 10.0. The molecule has 2 aliphatic rings. The standard InChI is InChI=1S/C15H27N3O3/c1-3-5-12(14(19)20)8-16-15(21)18-10-13-6-4-7-17(13)9-11(18)2/h11-13H,3-10H2,1-2H3,(H,16,21)(H,19,20). The van der Waals surface area contributed by atoms with E-state index in [1.807, 2.05) is 11.8 Å². The molecule has 0 aromatic heterocycles. The van der Waals surface area contributed by atoms with Crippen molar-refractivity contribution in [3.8, 4) is 0 Å². The number of amides is 2. The molecule has 2 rings (SSSR count). The van der Waals surface area contributed by atoms with Crippen molar-refractivity contribution in [1.29, 1.82) is 0 Å². The van der Waals surface area contributed by atoms with E-state index in [9.17, 15) is 9.59 Å². The number of nitrogens with one attached hydrogen (secondary N) is 1. The molecular formula is C15H27N3O3. The molecule has 0 spiro atoms. The maximum absolute atomic E-state index is 12.3. The van der Waals surface area contributed by atoms with Crippen LogP contribution in [0.3, 0.4) is 0 Å². The van der Waals surface area contributed by atoms with E-state index >= 15 is 0 Å². The van der Waals surface area contributed by atoms with Gasteiger partial charge < -0.3 is 15.3 Å². The van der Waals surface area contributed by atoms with E-state index in [2.05, 4.69) is 17.1 Å².